The number of amides is 1. The molecule has 3 N–H and O–H groups in total. The third-order valence-electron chi connectivity index (χ3n) is 2.37. The number of carbonyl (C=O) groups excluding carboxylic acids is 1. The Hall–Kier alpha value is -0.360. The van der Waals surface area contributed by atoms with Crippen LogP contribution < -0.4 is 11.1 Å². The summed E-state index contributed by atoms with van der Waals surface area (Å²) in [6, 6.07) is -0.419. The number of aromatic nitrogens is 1. The van der Waals surface area contributed by atoms with Gasteiger partial charge in [-0.2, -0.15) is 0 Å². The van der Waals surface area contributed by atoms with E-state index in [2.05, 4.69) is 10.3 Å². The van der Waals surface area contributed by atoms with Gasteiger partial charge >= 0.3 is 0 Å². The minimum atomic E-state index is -0.419. The molecule has 0 radical (unpaired) electrons. The highest BCUT2D eigenvalue weighted by Gasteiger charge is 2.16. The van der Waals surface area contributed by atoms with Crippen LogP contribution in [0.2, 0.25) is 0 Å². The van der Waals surface area contributed by atoms with E-state index in [0.717, 1.165) is 17.1 Å². The first-order chi connectivity index (χ1) is 7.50. The second-order valence-electron chi connectivity index (χ2n) is 4.17. The van der Waals surface area contributed by atoms with Gasteiger partial charge in [0.15, 0.2) is 0 Å². The average Bonchev–Trinajstić information content (AvgIpc) is 2.62. The van der Waals surface area contributed by atoms with E-state index in [0.29, 0.717) is 6.54 Å². The number of hydrogen-bond acceptors (Lipinski definition) is 4. The molecule has 0 aromatic carbocycles. The van der Waals surface area contributed by atoms with E-state index in [9.17, 15) is 4.79 Å². The largest absolute Gasteiger partial charge is 0.354 e. The van der Waals surface area contributed by atoms with Gasteiger partial charge in [0.1, 0.15) is 0 Å². The van der Waals surface area contributed by atoms with Crippen LogP contribution in [0.15, 0.2) is 5.38 Å². The van der Waals surface area contributed by atoms with Crippen molar-refractivity contribution in [1.82, 2.24) is 10.3 Å². The first kappa shape index (κ1) is 20.0. The predicted molar refractivity (Wildman–Crippen MR) is 80.9 cm³/mol. The number of halogens is 2. The highest BCUT2D eigenvalue weighted by molar-refractivity contribution is 7.09. The van der Waals surface area contributed by atoms with Crippen LogP contribution in [-0.2, 0) is 11.2 Å². The van der Waals surface area contributed by atoms with Crippen molar-refractivity contribution in [2.75, 3.05) is 6.54 Å². The molecule has 0 saturated carbocycles. The molecule has 4 nitrogen and oxygen atoms in total. The van der Waals surface area contributed by atoms with Crippen molar-refractivity contribution in [3.05, 3.63) is 16.1 Å². The van der Waals surface area contributed by atoms with Gasteiger partial charge in [-0.3, -0.25) is 4.79 Å². The number of thiazole rings is 1. The standard InChI is InChI=1S/C11H19N3OS.2ClH/c1-7(2)10(12)11(15)13-5-4-9-6-16-8(3)14-9;;/h6-7,10H,4-5,12H2,1-3H3,(H,13,15);2*1H. The third-order valence-corrected chi connectivity index (χ3v) is 3.19. The number of rotatable bonds is 5. The molecule has 1 unspecified atom stereocenters. The Bertz CT molecular complexity index is 358. The summed E-state index contributed by atoms with van der Waals surface area (Å²) in [5.41, 5.74) is 6.75. The molecule has 0 aliphatic rings. The number of aryl methyl sites for hydroxylation is 1. The van der Waals surface area contributed by atoms with E-state index in [1.54, 1.807) is 11.3 Å². The molecule has 7 heteroatoms. The molecule has 106 valence electrons. The summed E-state index contributed by atoms with van der Waals surface area (Å²) in [5, 5.41) is 5.90. The van der Waals surface area contributed by atoms with Gasteiger partial charge in [-0.1, -0.05) is 13.8 Å². The van der Waals surface area contributed by atoms with Crippen LogP contribution in [0.3, 0.4) is 0 Å². The molecule has 1 rings (SSSR count). The first-order valence-corrected chi connectivity index (χ1v) is 6.33. The monoisotopic (exact) mass is 313 g/mol. The molecule has 1 aromatic rings. The fraction of sp³-hybridized carbons (Fsp3) is 0.636. The first-order valence-electron chi connectivity index (χ1n) is 5.45. The number of nitrogens with one attached hydrogen (secondary N) is 1. The van der Waals surface area contributed by atoms with Crippen LogP contribution in [0.4, 0.5) is 0 Å². The van der Waals surface area contributed by atoms with Crippen molar-refractivity contribution >= 4 is 42.1 Å². The normalized spacial score (nSPS) is 11.4. The fourth-order valence-corrected chi connectivity index (χ4v) is 1.90. The zero-order valence-electron chi connectivity index (χ0n) is 10.8. The van der Waals surface area contributed by atoms with Crippen LogP contribution in [-0.4, -0.2) is 23.5 Å². The number of carbonyl (C=O) groups is 1. The van der Waals surface area contributed by atoms with Crippen LogP contribution >= 0.6 is 36.2 Å². The Balaban J connectivity index is 0. The van der Waals surface area contributed by atoms with E-state index < -0.39 is 6.04 Å². The Morgan fingerprint density at radius 2 is 2.11 bits per heavy atom. The molecule has 0 aliphatic heterocycles. The molecule has 1 amide bonds. The molecule has 0 fully saturated rings. The maximum atomic E-state index is 11.5. The molecule has 0 saturated heterocycles. The van der Waals surface area contributed by atoms with E-state index in [1.165, 1.54) is 0 Å². The summed E-state index contributed by atoms with van der Waals surface area (Å²) in [5.74, 6) is 0.0865. The summed E-state index contributed by atoms with van der Waals surface area (Å²) in [6.07, 6.45) is 0.765. The minimum absolute atomic E-state index is 0. The smallest absolute Gasteiger partial charge is 0.237 e. The van der Waals surface area contributed by atoms with Crippen molar-refractivity contribution in [3.8, 4) is 0 Å². The van der Waals surface area contributed by atoms with Gasteiger partial charge in [0.05, 0.1) is 16.7 Å². The van der Waals surface area contributed by atoms with Gasteiger partial charge in [0.25, 0.3) is 0 Å². The van der Waals surface area contributed by atoms with Crippen LogP contribution in [0.1, 0.15) is 24.5 Å². The molecular weight excluding hydrogens is 293 g/mol. The lowest BCUT2D eigenvalue weighted by molar-refractivity contribution is -0.123. The molecule has 1 aromatic heterocycles. The molecule has 0 bridgehead atoms. The second-order valence-corrected chi connectivity index (χ2v) is 5.23. The third kappa shape index (κ3) is 6.54. The number of nitrogens with zero attached hydrogens (tertiary/aromatic N) is 1. The number of nitrogens with two attached hydrogens (primary N) is 1. The van der Waals surface area contributed by atoms with E-state index >= 15 is 0 Å². The Morgan fingerprint density at radius 1 is 1.50 bits per heavy atom. The SMILES string of the molecule is Cc1nc(CCNC(=O)C(N)C(C)C)cs1.Cl.Cl. The molecule has 0 aliphatic carbocycles. The maximum absolute atomic E-state index is 11.5. The van der Waals surface area contributed by atoms with E-state index in [1.807, 2.05) is 26.2 Å². The second kappa shape index (κ2) is 9.55. The van der Waals surface area contributed by atoms with Crippen molar-refractivity contribution in [2.24, 2.45) is 11.7 Å². The van der Waals surface area contributed by atoms with Crippen molar-refractivity contribution in [3.63, 3.8) is 0 Å². The number of hydrogen-bond donors (Lipinski definition) is 2. The summed E-state index contributed by atoms with van der Waals surface area (Å²) < 4.78 is 0. The average molecular weight is 314 g/mol. The quantitative estimate of drug-likeness (QED) is 0.873. The highest BCUT2D eigenvalue weighted by Crippen LogP contribution is 2.07. The fourth-order valence-electron chi connectivity index (χ4n) is 1.26. The van der Waals surface area contributed by atoms with Gasteiger partial charge in [0.2, 0.25) is 5.91 Å². The molecule has 1 heterocycles. The zero-order chi connectivity index (χ0) is 12.1. The van der Waals surface area contributed by atoms with Crippen LogP contribution in [0.5, 0.6) is 0 Å². The van der Waals surface area contributed by atoms with Crippen molar-refractivity contribution in [1.29, 1.82) is 0 Å². The molecule has 18 heavy (non-hydrogen) atoms. The van der Waals surface area contributed by atoms with Crippen molar-refractivity contribution in [2.45, 2.75) is 33.2 Å². The molecular formula is C11H21Cl2N3OS. The van der Waals surface area contributed by atoms with Crippen molar-refractivity contribution < 1.29 is 4.79 Å². The lowest BCUT2D eigenvalue weighted by Crippen LogP contribution is -2.44. The summed E-state index contributed by atoms with van der Waals surface area (Å²) in [4.78, 5) is 15.8. The molecule has 0 spiro atoms. The van der Waals surface area contributed by atoms with E-state index in [4.69, 9.17) is 5.73 Å². The predicted octanol–water partition coefficient (Wildman–Crippen LogP) is 1.94. The Kier molecular flexibility index (Phi) is 10.6. The van der Waals surface area contributed by atoms with Crippen LogP contribution in [0.25, 0.3) is 0 Å². The Labute approximate surface area is 125 Å². The minimum Gasteiger partial charge on any atom is -0.354 e. The lowest BCUT2D eigenvalue weighted by Gasteiger charge is -2.14. The summed E-state index contributed by atoms with van der Waals surface area (Å²) in [7, 11) is 0. The summed E-state index contributed by atoms with van der Waals surface area (Å²) >= 11 is 1.63. The summed E-state index contributed by atoms with van der Waals surface area (Å²) in [6.45, 7) is 6.45. The van der Waals surface area contributed by atoms with Gasteiger partial charge < -0.3 is 11.1 Å². The van der Waals surface area contributed by atoms with Crippen LogP contribution in [0, 0.1) is 12.8 Å². The van der Waals surface area contributed by atoms with Gasteiger partial charge in [-0.05, 0) is 12.8 Å². The topological polar surface area (TPSA) is 68.0 Å². The lowest BCUT2D eigenvalue weighted by atomic mass is 10.1. The molecule has 1 atom stereocenters. The van der Waals surface area contributed by atoms with E-state index in [-0.39, 0.29) is 36.6 Å². The van der Waals surface area contributed by atoms with Gasteiger partial charge in [-0.15, -0.1) is 36.2 Å². The zero-order valence-corrected chi connectivity index (χ0v) is 13.3. The van der Waals surface area contributed by atoms with Gasteiger partial charge in [-0.25, -0.2) is 4.98 Å². The Morgan fingerprint density at radius 3 is 2.56 bits per heavy atom. The van der Waals surface area contributed by atoms with Gasteiger partial charge in [0, 0.05) is 18.3 Å². The maximum Gasteiger partial charge on any atom is 0.237 e. The highest BCUT2D eigenvalue weighted by atomic mass is 35.5.